The van der Waals surface area contributed by atoms with Gasteiger partial charge in [0.15, 0.2) is 0 Å². The van der Waals surface area contributed by atoms with Gasteiger partial charge in [0.25, 0.3) is 0 Å². The van der Waals surface area contributed by atoms with Gasteiger partial charge < -0.3 is 10.1 Å². The van der Waals surface area contributed by atoms with Gasteiger partial charge in [-0.3, -0.25) is 0 Å². The van der Waals surface area contributed by atoms with Crippen molar-refractivity contribution in [1.29, 1.82) is 0 Å². The first-order valence-electron chi connectivity index (χ1n) is 7.01. The first-order chi connectivity index (χ1) is 8.68. The van der Waals surface area contributed by atoms with Crippen LogP contribution in [0.3, 0.4) is 0 Å². The maximum Gasteiger partial charge on any atom is 0.0585 e. The van der Waals surface area contributed by atoms with Crippen LogP contribution in [0.15, 0.2) is 24.3 Å². The second-order valence-corrected chi connectivity index (χ2v) is 5.76. The van der Waals surface area contributed by atoms with E-state index in [-0.39, 0.29) is 5.41 Å². The Morgan fingerprint density at radius 2 is 1.89 bits per heavy atom. The van der Waals surface area contributed by atoms with Crippen LogP contribution in [0.25, 0.3) is 0 Å². The lowest BCUT2D eigenvalue weighted by atomic mass is 9.74. The molecule has 1 aromatic carbocycles. The molecule has 2 heteroatoms. The fourth-order valence-electron chi connectivity index (χ4n) is 2.63. The van der Waals surface area contributed by atoms with E-state index >= 15 is 0 Å². The molecule has 0 unspecified atom stereocenters. The molecule has 0 bridgehead atoms. The summed E-state index contributed by atoms with van der Waals surface area (Å²) in [4.78, 5) is 0. The van der Waals surface area contributed by atoms with Gasteiger partial charge in [-0.25, -0.2) is 0 Å². The predicted octanol–water partition coefficient (Wildman–Crippen LogP) is 3.08. The standard InChI is InChI=1S/C16H25NO/c1-13(2)14-5-7-15(8-6-14)16(11-18-12-16)9-4-10-17-3/h5-8,13,17H,4,9-12H2,1-3H3. The molecule has 2 rings (SSSR count). The van der Waals surface area contributed by atoms with E-state index in [9.17, 15) is 0 Å². The van der Waals surface area contributed by atoms with Gasteiger partial charge in [-0.1, -0.05) is 38.1 Å². The van der Waals surface area contributed by atoms with E-state index in [0.29, 0.717) is 5.92 Å². The van der Waals surface area contributed by atoms with Crippen molar-refractivity contribution in [3.63, 3.8) is 0 Å². The Labute approximate surface area is 111 Å². The fraction of sp³-hybridized carbons (Fsp3) is 0.625. The maximum atomic E-state index is 5.48. The Balaban J connectivity index is 2.07. The lowest BCUT2D eigenvalue weighted by Crippen LogP contribution is -2.47. The largest absolute Gasteiger partial charge is 0.379 e. The molecular weight excluding hydrogens is 222 g/mol. The van der Waals surface area contributed by atoms with Crippen molar-refractivity contribution in [3.05, 3.63) is 35.4 Å². The Morgan fingerprint density at radius 1 is 1.22 bits per heavy atom. The van der Waals surface area contributed by atoms with Crippen LogP contribution in [0.4, 0.5) is 0 Å². The van der Waals surface area contributed by atoms with E-state index in [4.69, 9.17) is 4.74 Å². The highest BCUT2D eigenvalue weighted by Gasteiger charge is 2.39. The third-order valence-corrected chi connectivity index (χ3v) is 4.03. The van der Waals surface area contributed by atoms with Crippen molar-refractivity contribution >= 4 is 0 Å². The zero-order valence-corrected chi connectivity index (χ0v) is 11.8. The minimum Gasteiger partial charge on any atom is -0.379 e. The topological polar surface area (TPSA) is 21.3 Å². The lowest BCUT2D eigenvalue weighted by molar-refractivity contribution is -0.0650. The average molecular weight is 247 g/mol. The SMILES string of the molecule is CNCCCC1(c2ccc(C(C)C)cc2)COC1. The summed E-state index contributed by atoms with van der Waals surface area (Å²) in [6.45, 7) is 7.34. The Kier molecular flexibility index (Phi) is 4.41. The summed E-state index contributed by atoms with van der Waals surface area (Å²) in [7, 11) is 2.02. The van der Waals surface area contributed by atoms with Gasteiger partial charge in [0.1, 0.15) is 0 Å². The Hall–Kier alpha value is -0.860. The van der Waals surface area contributed by atoms with E-state index in [1.165, 1.54) is 24.0 Å². The number of rotatable bonds is 6. The minimum atomic E-state index is 0.284. The average Bonchev–Trinajstić information content (AvgIpc) is 2.33. The molecule has 0 amide bonds. The highest BCUT2D eigenvalue weighted by Crippen LogP contribution is 2.37. The normalized spacial score (nSPS) is 17.8. The molecule has 0 saturated carbocycles. The van der Waals surface area contributed by atoms with E-state index in [0.717, 1.165) is 19.8 Å². The molecule has 100 valence electrons. The molecule has 0 atom stereocenters. The first kappa shape index (κ1) is 13.6. The van der Waals surface area contributed by atoms with Crippen LogP contribution >= 0.6 is 0 Å². The van der Waals surface area contributed by atoms with Gasteiger partial charge >= 0.3 is 0 Å². The summed E-state index contributed by atoms with van der Waals surface area (Å²) in [5.74, 6) is 0.608. The van der Waals surface area contributed by atoms with E-state index < -0.39 is 0 Å². The van der Waals surface area contributed by atoms with Crippen LogP contribution in [0, 0.1) is 0 Å². The number of nitrogens with one attached hydrogen (secondary N) is 1. The van der Waals surface area contributed by atoms with Crippen LogP contribution in [-0.4, -0.2) is 26.8 Å². The lowest BCUT2D eigenvalue weighted by Gasteiger charge is -2.42. The molecule has 1 fully saturated rings. The van der Waals surface area contributed by atoms with Crippen LogP contribution in [0.1, 0.15) is 43.7 Å². The third-order valence-electron chi connectivity index (χ3n) is 4.03. The molecule has 1 aromatic rings. The number of hydrogen-bond donors (Lipinski definition) is 1. The first-order valence-corrected chi connectivity index (χ1v) is 7.01. The molecule has 1 aliphatic heterocycles. The third kappa shape index (κ3) is 2.76. The molecule has 1 N–H and O–H groups in total. The molecule has 1 saturated heterocycles. The molecule has 1 aliphatic rings. The van der Waals surface area contributed by atoms with Gasteiger partial charge in [-0.05, 0) is 43.5 Å². The monoisotopic (exact) mass is 247 g/mol. The molecule has 0 aliphatic carbocycles. The van der Waals surface area contributed by atoms with E-state index in [2.05, 4.69) is 43.4 Å². The zero-order valence-electron chi connectivity index (χ0n) is 11.8. The maximum absolute atomic E-state index is 5.48. The predicted molar refractivity (Wildman–Crippen MR) is 76.2 cm³/mol. The number of hydrogen-bond acceptors (Lipinski definition) is 2. The molecule has 18 heavy (non-hydrogen) atoms. The second kappa shape index (κ2) is 5.85. The number of benzene rings is 1. The number of ether oxygens (including phenoxy) is 1. The van der Waals surface area contributed by atoms with Gasteiger partial charge in [0, 0.05) is 5.41 Å². The van der Waals surface area contributed by atoms with Crippen molar-refractivity contribution in [2.45, 2.75) is 38.0 Å². The van der Waals surface area contributed by atoms with Crippen LogP contribution in [-0.2, 0) is 10.2 Å². The summed E-state index contributed by atoms with van der Waals surface area (Å²) < 4.78 is 5.48. The van der Waals surface area contributed by atoms with Crippen molar-refractivity contribution in [2.75, 3.05) is 26.8 Å². The molecule has 0 radical (unpaired) electrons. The van der Waals surface area contributed by atoms with Gasteiger partial charge in [-0.15, -0.1) is 0 Å². The van der Waals surface area contributed by atoms with Crippen molar-refractivity contribution in [1.82, 2.24) is 5.32 Å². The summed E-state index contributed by atoms with van der Waals surface area (Å²) in [5.41, 5.74) is 3.16. The molecule has 2 nitrogen and oxygen atoms in total. The summed E-state index contributed by atoms with van der Waals surface area (Å²) in [6.07, 6.45) is 2.43. The van der Waals surface area contributed by atoms with Crippen molar-refractivity contribution < 1.29 is 4.74 Å². The zero-order chi connectivity index (χ0) is 13.0. The van der Waals surface area contributed by atoms with Gasteiger partial charge in [0.05, 0.1) is 13.2 Å². The van der Waals surface area contributed by atoms with E-state index in [1.807, 2.05) is 7.05 Å². The molecule has 0 spiro atoms. The quantitative estimate of drug-likeness (QED) is 0.780. The smallest absolute Gasteiger partial charge is 0.0585 e. The fourth-order valence-corrected chi connectivity index (χ4v) is 2.63. The summed E-state index contributed by atoms with van der Waals surface area (Å²) in [6, 6.07) is 9.16. The minimum absolute atomic E-state index is 0.284. The molecule has 0 aromatic heterocycles. The van der Waals surface area contributed by atoms with Crippen LogP contribution in [0.5, 0.6) is 0 Å². The Bertz CT molecular complexity index is 365. The molecule has 1 heterocycles. The highest BCUT2D eigenvalue weighted by molar-refractivity contribution is 5.32. The van der Waals surface area contributed by atoms with Crippen LogP contribution < -0.4 is 5.32 Å². The van der Waals surface area contributed by atoms with Crippen molar-refractivity contribution in [3.8, 4) is 0 Å². The highest BCUT2D eigenvalue weighted by atomic mass is 16.5. The molecular formula is C16H25NO. The van der Waals surface area contributed by atoms with Gasteiger partial charge in [-0.2, -0.15) is 0 Å². The van der Waals surface area contributed by atoms with E-state index in [1.54, 1.807) is 0 Å². The Morgan fingerprint density at radius 3 is 2.33 bits per heavy atom. The van der Waals surface area contributed by atoms with Crippen LogP contribution in [0.2, 0.25) is 0 Å². The summed E-state index contributed by atoms with van der Waals surface area (Å²) >= 11 is 0. The van der Waals surface area contributed by atoms with Gasteiger partial charge in [0.2, 0.25) is 0 Å². The second-order valence-electron chi connectivity index (χ2n) is 5.76. The van der Waals surface area contributed by atoms with Crippen molar-refractivity contribution in [2.24, 2.45) is 0 Å². The summed E-state index contributed by atoms with van der Waals surface area (Å²) in [5, 5.41) is 3.22.